The van der Waals surface area contributed by atoms with Gasteiger partial charge in [0.05, 0.1) is 7.11 Å². The molecule has 0 saturated carbocycles. The van der Waals surface area contributed by atoms with Crippen molar-refractivity contribution >= 4 is 0 Å². The molecule has 0 aliphatic heterocycles. The van der Waals surface area contributed by atoms with Crippen LogP contribution < -0.4 is 10.5 Å². The summed E-state index contributed by atoms with van der Waals surface area (Å²) in [6, 6.07) is 6.25. The molecule has 0 aliphatic carbocycles. The van der Waals surface area contributed by atoms with Gasteiger partial charge < -0.3 is 10.5 Å². The lowest BCUT2D eigenvalue weighted by atomic mass is 9.87. The maximum atomic E-state index is 6.27. The van der Waals surface area contributed by atoms with Gasteiger partial charge in [0, 0.05) is 11.6 Å². The van der Waals surface area contributed by atoms with Gasteiger partial charge in [-0.1, -0.05) is 38.5 Å². The van der Waals surface area contributed by atoms with Gasteiger partial charge in [-0.25, -0.2) is 0 Å². The van der Waals surface area contributed by atoms with E-state index >= 15 is 0 Å². The van der Waals surface area contributed by atoms with Gasteiger partial charge >= 0.3 is 0 Å². The van der Waals surface area contributed by atoms with Crippen molar-refractivity contribution < 1.29 is 4.74 Å². The summed E-state index contributed by atoms with van der Waals surface area (Å²) < 4.78 is 5.37. The Hall–Kier alpha value is -1.02. The number of hydrogen-bond acceptors (Lipinski definition) is 2. The Morgan fingerprint density at radius 1 is 1.29 bits per heavy atom. The second kappa shape index (κ2) is 5.54. The van der Waals surface area contributed by atoms with E-state index in [9.17, 15) is 0 Å². The number of hydrogen-bond donors (Lipinski definition) is 1. The van der Waals surface area contributed by atoms with E-state index in [-0.39, 0.29) is 6.04 Å². The third-order valence-corrected chi connectivity index (χ3v) is 2.99. The molecule has 1 rings (SSSR count). The van der Waals surface area contributed by atoms with Crippen LogP contribution in [0.4, 0.5) is 0 Å². The second-order valence-electron chi connectivity index (χ2n) is 5.95. The van der Waals surface area contributed by atoms with E-state index in [0.717, 1.165) is 24.2 Å². The summed E-state index contributed by atoms with van der Waals surface area (Å²) in [4.78, 5) is 0. The minimum absolute atomic E-state index is 0.0593. The van der Waals surface area contributed by atoms with Crippen LogP contribution in [0.25, 0.3) is 0 Å². The first-order valence-electron chi connectivity index (χ1n) is 6.23. The summed E-state index contributed by atoms with van der Waals surface area (Å²) in [6.07, 6.45) is 2.11. The molecule has 0 aliphatic rings. The monoisotopic (exact) mass is 235 g/mol. The van der Waals surface area contributed by atoms with Crippen molar-refractivity contribution in [2.75, 3.05) is 7.11 Å². The summed E-state index contributed by atoms with van der Waals surface area (Å²) in [5.74, 6) is 0.900. The van der Waals surface area contributed by atoms with Crippen LogP contribution in [0.3, 0.4) is 0 Å². The molecular formula is C15H25NO. The van der Waals surface area contributed by atoms with Gasteiger partial charge in [-0.05, 0) is 31.2 Å². The van der Waals surface area contributed by atoms with Crippen LogP contribution in [0.1, 0.15) is 50.8 Å². The number of rotatable bonds is 4. The molecule has 0 amide bonds. The molecule has 0 bridgehead atoms. The molecule has 2 N–H and O–H groups in total. The molecule has 2 nitrogen and oxygen atoms in total. The molecule has 0 saturated heterocycles. The highest BCUT2D eigenvalue weighted by atomic mass is 16.5. The van der Waals surface area contributed by atoms with Crippen molar-refractivity contribution in [3.8, 4) is 5.75 Å². The smallest absolute Gasteiger partial charge is 0.123 e. The molecule has 1 aromatic carbocycles. The molecule has 2 heteroatoms. The molecule has 0 radical (unpaired) electrons. The van der Waals surface area contributed by atoms with Crippen molar-refractivity contribution in [1.82, 2.24) is 0 Å². The van der Waals surface area contributed by atoms with Crippen LogP contribution >= 0.6 is 0 Å². The van der Waals surface area contributed by atoms with Crippen molar-refractivity contribution in [3.63, 3.8) is 0 Å². The lowest BCUT2D eigenvalue weighted by molar-refractivity contribution is 0.344. The van der Waals surface area contributed by atoms with Gasteiger partial charge in [-0.3, -0.25) is 0 Å². The Morgan fingerprint density at radius 3 is 2.47 bits per heavy atom. The molecule has 1 unspecified atom stereocenters. The Balaban J connectivity index is 2.80. The molecule has 0 fully saturated rings. The largest absolute Gasteiger partial charge is 0.496 e. The summed E-state index contributed by atoms with van der Waals surface area (Å²) in [6.45, 7) is 8.81. The van der Waals surface area contributed by atoms with Crippen LogP contribution in [0, 0.1) is 12.3 Å². The number of ether oxygens (including phenoxy) is 1. The van der Waals surface area contributed by atoms with E-state index in [0.29, 0.717) is 5.41 Å². The first-order chi connectivity index (χ1) is 7.83. The molecule has 96 valence electrons. The number of aryl methyl sites for hydroxylation is 1. The Kier molecular flexibility index (Phi) is 4.58. The average Bonchev–Trinajstić information content (AvgIpc) is 2.25. The normalized spacial score (nSPS) is 13.5. The zero-order chi connectivity index (χ0) is 13.1. The van der Waals surface area contributed by atoms with Crippen LogP contribution in [-0.2, 0) is 0 Å². The molecular weight excluding hydrogens is 210 g/mol. The minimum atomic E-state index is 0.0593. The fourth-order valence-corrected chi connectivity index (χ4v) is 1.89. The van der Waals surface area contributed by atoms with Crippen molar-refractivity contribution in [2.45, 2.75) is 46.6 Å². The highest BCUT2D eigenvalue weighted by molar-refractivity contribution is 5.38. The third-order valence-electron chi connectivity index (χ3n) is 2.99. The molecule has 0 heterocycles. The van der Waals surface area contributed by atoms with Crippen LogP contribution in [-0.4, -0.2) is 7.11 Å². The summed E-state index contributed by atoms with van der Waals surface area (Å²) in [5, 5.41) is 0. The number of benzene rings is 1. The quantitative estimate of drug-likeness (QED) is 0.860. The first-order valence-corrected chi connectivity index (χ1v) is 6.23. The van der Waals surface area contributed by atoms with Crippen LogP contribution in [0.5, 0.6) is 5.75 Å². The van der Waals surface area contributed by atoms with E-state index < -0.39 is 0 Å². The average molecular weight is 235 g/mol. The van der Waals surface area contributed by atoms with E-state index in [4.69, 9.17) is 10.5 Å². The third kappa shape index (κ3) is 4.39. The van der Waals surface area contributed by atoms with Gasteiger partial charge in [0.25, 0.3) is 0 Å². The summed E-state index contributed by atoms with van der Waals surface area (Å²) >= 11 is 0. The Morgan fingerprint density at radius 2 is 1.94 bits per heavy atom. The Bertz CT molecular complexity index is 366. The van der Waals surface area contributed by atoms with E-state index in [1.54, 1.807) is 7.11 Å². The van der Waals surface area contributed by atoms with E-state index in [2.05, 4.69) is 39.8 Å². The zero-order valence-corrected chi connectivity index (χ0v) is 11.7. The van der Waals surface area contributed by atoms with Gasteiger partial charge in [0.15, 0.2) is 0 Å². The lowest BCUT2D eigenvalue weighted by Gasteiger charge is -2.22. The van der Waals surface area contributed by atoms with E-state index in [1.165, 1.54) is 5.56 Å². The second-order valence-corrected chi connectivity index (χ2v) is 5.95. The van der Waals surface area contributed by atoms with Gasteiger partial charge in [-0.2, -0.15) is 0 Å². The topological polar surface area (TPSA) is 35.2 Å². The predicted molar refractivity (Wildman–Crippen MR) is 73.3 cm³/mol. The SMILES string of the molecule is COc1ccc(C)cc1C(N)CCC(C)(C)C. The molecule has 1 aromatic rings. The van der Waals surface area contributed by atoms with E-state index in [1.807, 2.05) is 6.07 Å². The van der Waals surface area contributed by atoms with Gasteiger partial charge in [0.2, 0.25) is 0 Å². The minimum Gasteiger partial charge on any atom is -0.496 e. The maximum absolute atomic E-state index is 6.27. The Labute approximate surface area is 105 Å². The van der Waals surface area contributed by atoms with Gasteiger partial charge in [0.1, 0.15) is 5.75 Å². The fourth-order valence-electron chi connectivity index (χ4n) is 1.89. The van der Waals surface area contributed by atoms with Crippen molar-refractivity contribution in [1.29, 1.82) is 0 Å². The summed E-state index contributed by atoms with van der Waals surface area (Å²) in [7, 11) is 1.70. The fraction of sp³-hybridized carbons (Fsp3) is 0.600. The van der Waals surface area contributed by atoms with Crippen molar-refractivity contribution in [2.24, 2.45) is 11.1 Å². The first kappa shape index (κ1) is 14.0. The van der Waals surface area contributed by atoms with Crippen LogP contribution in [0.2, 0.25) is 0 Å². The molecule has 0 spiro atoms. The van der Waals surface area contributed by atoms with Gasteiger partial charge in [-0.15, -0.1) is 0 Å². The molecule has 0 aromatic heterocycles. The number of methoxy groups -OCH3 is 1. The summed E-state index contributed by atoms with van der Waals surface area (Å²) in [5.41, 5.74) is 8.95. The van der Waals surface area contributed by atoms with Crippen LogP contribution in [0.15, 0.2) is 18.2 Å². The predicted octanol–water partition coefficient (Wildman–Crippen LogP) is 3.83. The van der Waals surface area contributed by atoms with Crippen molar-refractivity contribution in [3.05, 3.63) is 29.3 Å². The highest BCUT2D eigenvalue weighted by Crippen LogP contribution is 2.31. The molecule has 1 atom stereocenters. The standard InChI is InChI=1S/C15H25NO/c1-11-6-7-14(17-5)12(10-11)13(16)8-9-15(2,3)4/h6-7,10,13H,8-9,16H2,1-5H3. The maximum Gasteiger partial charge on any atom is 0.123 e. The lowest BCUT2D eigenvalue weighted by Crippen LogP contribution is -2.15. The zero-order valence-electron chi connectivity index (χ0n) is 11.7. The molecule has 17 heavy (non-hydrogen) atoms. The number of nitrogens with two attached hydrogens (primary N) is 1. The highest BCUT2D eigenvalue weighted by Gasteiger charge is 2.16.